The second-order valence-corrected chi connectivity index (χ2v) is 8.55. The number of ether oxygens (including phenoxy) is 1. The van der Waals surface area contributed by atoms with Crippen molar-refractivity contribution in [3.8, 4) is 16.9 Å². The minimum absolute atomic E-state index is 0.159. The lowest BCUT2D eigenvalue weighted by Crippen LogP contribution is -2.22. The van der Waals surface area contributed by atoms with E-state index in [0.29, 0.717) is 21.2 Å². The van der Waals surface area contributed by atoms with Crippen LogP contribution in [0.1, 0.15) is 26.5 Å². The van der Waals surface area contributed by atoms with Crippen molar-refractivity contribution >= 4 is 39.1 Å². The first-order chi connectivity index (χ1) is 14.8. The molecule has 0 aliphatic rings. The third-order valence-electron chi connectivity index (χ3n) is 5.05. The molecule has 4 rings (SSSR count). The largest absolute Gasteiger partial charge is 0.494 e. The second kappa shape index (κ2) is 8.28. The number of methoxy groups -OCH3 is 1. The number of amides is 1. The molecule has 1 amide bonds. The molecule has 3 aromatic heterocycles. The lowest BCUT2D eigenvalue weighted by atomic mass is 10.0. The normalized spacial score (nSPS) is 11.2. The number of aryl methyl sites for hydroxylation is 3. The maximum Gasteiger partial charge on any atom is 0.262 e. The Morgan fingerprint density at radius 2 is 2.13 bits per heavy atom. The topological polar surface area (TPSA) is 69.0 Å². The molecule has 0 spiro atoms. The van der Waals surface area contributed by atoms with E-state index >= 15 is 0 Å². The molecule has 1 aromatic carbocycles. The first-order valence-corrected chi connectivity index (χ1v) is 10.7. The van der Waals surface area contributed by atoms with Gasteiger partial charge in [-0.3, -0.25) is 9.48 Å². The van der Waals surface area contributed by atoms with E-state index < -0.39 is 5.82 Å². The van der Waals surface area contributed by atoms with E-state index in [1.165, 1.54) is 30.6 Å². The number of fused-ring (bicyclic) bond motifs is 1. The molecule has 1 N–H and O–H groups in total. The zero-order valence-corrected chi connectivity index (χ0v) is 19.0. The highest BCUT2D eigenvalue weighted by Crippen LogP contribution is 2.42. The van der Waals surface area contributed by atoms with Gasteiger partial charge in [-0.05, 0) is 37.1 Å². The molecule has 31 heavy (non-hydrogen) atoms. The number of carbonyl (C=O) groups is 1. The van der Waals surface area contributed by atoms with Crippen LogP contribution < -0.4 is 10.1 Å². The van der Waals surface area contributed by atoms with Gasteiger partial charge in [0.2, 0.25) is 0 Å². The molecule has 0 unspecified atom stereocenters. The van der Waals surface area contributed by atoms with Crippen LogP contribution >= 0.6 is 22.9 Å². The average Bonchev–Trinajstić information content (AvgIpc) is 3.33. The van der Waals surface area contributed by atoms with E-state index in [4.69, 9.17) is 16.3 Å². The minimum atomic E-state index is -0.475. The average molecular weight is 459 g/mol. The number of rotatable bonds is 5. The van der Waals surface area contributed by atoms with Crippen molar-refractivity contribution in [3.63, 3.8) is 0 Å². The Morgan fingerprint density at radius 3 is 2.77 bits per heavy atom. The fraction of sp³-hybridized carbons (Fsp3) is 0.227. The second-order valence-electron chi connectivity index (χ2n) is 7.18. The molecule has 0 atom stereocenters. The summed E-state index contributed by atoms with van der Waals surface area (Å²) in [4.78, 5) is 19.0. The fourth-order valence-corrected chi connectivity index (χ4v) is 4.85. The van der Waals surface area contributed by atoms with Crippen molar-refractivity contribution in [2.75, 3.05) is 7.11 Å². The number of nitrogens with zero attached hydrogens (tertiary/aromatic N) is 3. The van der Waals surface area contributed by atoms with Crippen molar-refractivity contribution in [3.05, 3.63) is 63.1 Å². The van der Waals surface area contributed by atoms with Crippen LogP contribution in [0.15, 0.2) is 30.6 Å². The van der Waals surface area contributed by atoms with Crippen molar-refractivity contribution in [2.24, 2.45) is 7.05 Å². The Bertz CT molecular complexity index is 1310. The van der Waals surface area contributed by atoms with Crippen molar-refractivity contribution in [1.29, 1.82) is 0 Å². The monoisotopic (exact) mass is 458 g/mol. The van der Waals surface area contributed by atoms with Gasteiger partial charge in [-0.1, -0.05) is 17.7 Å². The summed E-state index contributed by atoms with van der Waals surface area (Å²) in [6, 6.07) is 4.60. The number of hydrogen-bond acceptors (Lipinski definition) is 5. The van der Waals surface area contributed by atoms with Gasteiger partial charge in [0.25, 0.3) is 5.91 Å². The van der Waals surface area contributed by atoms with Crippen LogP contribution in [-0.4, -0.2) is 27.8 Å². The number of benzene rings is 1. The van der Waals surface area contributed by atoms with Gasteiger partial charge in [-0.2, -0.15) is 5.10 Å². The summed E-state index contributed by atoms with van der Waals surface area (Å²) in [7, 11) is 3.23. The number of aromatic nitrogens is 3. The number of thiophene rings is 1. The summed E-state index contributed by atoms with van der Waals surface area (Å²) in [6.45, 7) is 3.94. The van der Waals surface area contributed by atoms with Crippen LogP contribution in [0.25, 0.3) is 21.3 Å². The molecule has 9 heteroatoms. The lowest BCUT2D eigenvalue weighted by Gasteiger charge is -2.08. The number of hydrogen-bond donors (Lipinski definition) is 1. The molecular formula is C22H20ClFN4O2S. The van der Waals surface area contributed by atoms with E-state index in [0.717, 1.165) is 26.9 Å². The van der Waals surface area contributed by atoms with Crippen molar-refractivity contribution in [1.82, 2.24) is 20.1 Å². The van der Waals surface area contributed by atoms with Gasteiger partial charge in [0, 0.05) is 36.3 Å². The first kappa shape index (κ1) is 21.3. The minimum Gasteiger partial charge on any atom is -0.494 e. The van der Waals surface area contributed by atoms with E-state index in [2.05, 4.69) is 15.4 Å². The number of pyridine rings is 1. The van der Waals surface area contributed by atoms with Crippen molar-refractivity contribution < 1.29 is 13.9 Å². The Kier molecular flexibility index (Phi) is 5.68. The summed E-state index contributed by atoms with van der Waals surface area (Å²) < 4.78 is 20.6. The molecule has 0 saturated heterocycles. The summed E-state index contributed by atoms with van der Waals surface area (Å²) >= 11 is 7.77. The lowest BCUT2D eigenvalue weighted by molar-refractivity contribution is 0.0955. The smallest absolute Gasteiger partial charge is 0.262 e. The molecule has 4 aromatic rings. The van der Waals surface area contributed by atoms with Gasteiger partial charge < -0.3 is 10.1 Å². The maximum atomic E-state index is 14.0. The van der Waals surface area contributed by atoms with Gasteiger partial charge in [0.1, 0.15) is 9.71 Å². The molecule has 0 aliphatic heterocycles. The van der Waals surface area contributed by atoms with Gasteiger partial charge in [-0.25, -0.2) is 9.37 Å². The predicted molar refractivity (Wildman–Crippen MR) is 120 cm³/mol. The third kappa shape index (κ3) is 3.88. The zero-order valence-electron chi connectivity index (χ0n) is 17.4. The Balaban J connectivity index is 1.75. The molecule has 0 radical (unpaired) electrons. The summed E-state index contributed by atoms with van der Waals surface area (Å²) in [5.41, 5.74) is 3.77. The van der Waals surface area contributed by atoms with E-state index in [1.54, 1.807) is 16.9 Å². The molecule has 0 fully saturated rings. The van der Waals surface area contributed by atoms with Crippen LogP contribution in [0.4, 0.5) is 4.39 Å². The molecule has 160 valence electrons. The fourth-order valence-electron chi connectivity index (χ4n) is 3.50. The highest BCUT2D eigenvalue weighted by atomic mass is 35.5. The molecule has 0 aliphatic carbocycles. The molecule has 0 bridgehead atoms. The van der Waals surface area contributed by atoms with E-state index in [9.17, 15) is 9.18 Å². The zero-order chi connectivity index (χ0) is 22.3. The van der Waals surface area contributed by atoms with Gasteiger partial charge in [0.05, 0.1) is 24.0 Å². The number of carbonyl (C=O) groups excluding carboxylic acids is 1. The van der Waals surface area contributed by atoms with Crippen LogP contribution in [0.5, 0.6) is 5.75 Å². The summed E-state index contributed by atoms with van der Waals surface area (Å²) in [5, 5.41) is 8.56. The van der Waals surface area contributed by atoms with Gasteiger partial charge >= 0.3 is 0 Å². The summed E-state index contributed by atoms with van der Waals surface area (Å²) in [5.74, 6) is -0.587. The molecular weight excluding hydrogens is 439 g/mol. The van der Waals surface area contributed by atoms with Crippen molar-refractivity contribution in [2.45, 2.75) is 20.4 Å². The van der Waals surface area contributed by atoms with E-state index in [1.807, 2.05) is 27.1 Å². The standard InChI is InChI=1S/C22H20ClFN4O2S/c1-11-17-18(14-9-26-28(3)10-14)20(31-22(17)27-12(2)19(11)23)21(29)25-8-13-5-6-16(30-4)15(24)7-13/h5-7,9-10H,8H2,1-4H3,(H,25,29). The SMILES string of the molecule is COc1ccc(CNC(=O)c2sc3nc(C)c(Cl)c(C)c3c2-c2cnn(C)c2)cc1F. The highest BCUT2D eigenvalue weighted by molar-refractivity contribution is 7.21. The number of nitrogens with one attached hydrogen (secondary N) is 1. The van der Waals surface area contributed by atoms with Gasteiger partial charge in [0.15, 0.2) is 11.6 Å². The molecule has 3 heterocycles. The molecule has 6 nitrogen and oxygen atoms in total. The quantitative estimate of drug-likeness (QED) is 0.454. The van der Waals surface area contributed by atoms with Crippen LogP contribution in [0.2, 0.25) is 5.02 Å². The Hall–Kier alpha value is -2.97. The number of halogens is 2. The van der Waals surface area contributed by atoms with Crippen LogP contribution in [0.3, 0.4) is 0 Å². The van der Waals surface area contributed by atoms with E-state index in [-0.39, 0.29) is 18.2 Å². The first-order valence-electron chi connectivity index (χ1n) is 9.49. The summed E-state index contributed by atoms with van der Waals surface area (Å²) in [6.07, 6.45) is 3.56. The Morgan fingerprint density at radius 1 is 1.35 bits per heavy atom. The predicted octanol–water partition coefficient (Wildman–Crippen LogP) is 5.04. The molecule has 0 saturated carbocycles. The van der Waals surface area contributed by atoms with Crippen LogP contribution in [0, 0.1) is 19.7 Å². The third-order valence-corrected chi connectivity index (χ3v) is 6.69. The Labute approximate surface area is 187 Å². The van der Waals surface area contributed by atoms with Gasteiger partial charge in [-0.15, -0.1) is 11.3 Å². The van der Waals surface area contributed by atoms with Crippen LogP contribution in [-0.2, 0) is 13.6 Å². The maximum absolute atomic E-state index is 14.0. The highest BCUT2D eigenvalue weighted by Gasteiger charge is 2.24.